The summed E-state index contributed by atoms with van der Waals surface area (Å²) < 4.78 is 12.9. The predicted octanol–water partition coefficient (Wildman–Crippen LogP) is 2.09. The fraction of sp³-hybridized carbons (Fsp3) is 0.467. The van der Waals surface area contributed by atoms with Gasteiger partial charge in [0.05, 0.1) is 0 Å². The van der Waals surface area contributed by atoms with E-state index in [-0.39, 0.29) is 17.6 Å². The number of unbranched alkanes of at least 4 members (excludes halogenated alkanes) is 1. The molecular formula is C15H19FN2O2. The lowest BCUT2D eigenvalue weighted by Gasteiger charge is -2.16. The number of carbonyl (C=O) groups excluding carboxylic acids is 2. The average molecular weight is 278 g/mol. The van der Waals surface area contributed by atoms with Gasteiger partial charge in [-0.05, 0) is 37.1 Å². The van der Waals surface area contributed by atoms with Crippen LogP contribution < -0.4 is 10.2 Å². The van der Waals surface area contributed by atoms with Crippen molar-refractivity contribution >= 4 is 17.5 Å². The molecule has 1 aliphatic heterocycles. The van der Waals surface area contributed by atoms with E-state index in [9.17, 15) is 14.0 Å². The Morgan fingerprint density at radius 3 is 2.75 bits per heavy atom. The van der Waals surface area contributed by atoms with Gasteiger partial charge in [0.15, 0.2) is 0 Å². The van der Waals surface area contributed by atoms with Crippen LogP contribution in [0.2, 0.25) is 0 Å². The van der Waals surface area contributed by atoms with Gasteiger partial charge >= 0.3 is 0 Å². The van der Waals surface area contributed by atoms with Crippen LogP contribution in [0.3, 0.4) is 0 Å². The summed E-state index contributed by atoms with van der Waals surface area (Å²) in [5, 5.41) is 2.79. The van der Waals surface area contributed by atoms with Crippen molar-refractivity contribution < 1.29 is 14.0 Å². The molecule has 1 N–H and O–H groups in total. The minimum absolute atomic E-state index is 0.201. The monoisotopic (exact) mass is 278 g/mol. The van der Waals surface area contributed by atoms with Gasteiger partial charge < -0.3 is 10.2 Å². The zero-order chi connectivity index (χ0) is 14.5. The quantitative estimate of drug-likeness (QED) is 0.662. The molecule has 1 aliphatic rings. The minimum atomic E-state index is -0.614. The van der Waals surface area contributed by atoms with Gasteiger partial charge in [0.1, 0.15) is 11.7 Å². The van der Waals surface area contributed by atoms with Crippen molar-refractivity contribution in [1.82, 2.24) is 5.32 Å². The van der Waals surface area contributed by atoms with Gasteiger partial charge in [0.2, 0.25) is 11.8 Å². The summed E-state index contributed by atoms with van der Waals surface area (Å²) in [6, 6.07) is 5.75. The first-order valence-electron chi connectivity index (χ1n) is 6.98. The molecule has 1 saturated heterocycles. The summed E-state index contributed by atoms with van der Waals surface area (Å²) in [6.45, 7) is 3.15. The van der Waals surface area contributed by atoms with E-state index >= 15 is 0 Å². The van der Waals surface area contributed by atoms with E-state index in [2.05, 4.69) is 5.32 Å². The molecule has 1 atom stereocenters. The third-order valence-electron chi connectivity index (χ3n) is 3.49. The molecule has 0 aliphatic carbocycles. The number of rotatable bonds is 5. The number of halogens is 1. The molecule has 1 aromatic rings. The molecule has 0 spiro atoms. The van der Waals surface area contributed by atoms with Crippen molar-refractivity contribution in [3.8, 4) is 0 Å². The highest BCUT2D eigenvalue weighted by molar-refractivity contribution is 6.09. The van der Waals surface area contributed by atoms with E-state index in [0.29, 0.717) is 25.2 Å². The Kier molecular flexibility index (Phi) is 4.71. The topological polar surface area (TPSA) is 49.4 Å². The minimum Gasteiger partial charge on any atom is -0.355 e. The molecule has 1 fully saturated rings. The molecule has 1 aromatic carbocycles. The third-order valence-corrected chi connectivity index (χ3v) is 3.49. The van der Waals surface area contributed by atoms with Gasteiger partial charge in [-0.15, -0.1) is 0 Å². The molecule has 0 aromatic heterocycles. The zero-order valence-electron chi connectivity index (χ0n) is 11.6. The van der Waals surface area contributed by atoms with E-state index in [4.69, 9.17) is 0 Å². The normalized spacial score (nSPS) is 18.4. The highest BCUT2D eigenvalue weighted by Gasteiger charge is 2.37. The van der Waals surface area contributed by atoms with Gasteiger partial charge in [-0.25, -0.2) is 4.39 Å². The summed E-state index contributed by atoms with van der Waals surface area (Å²) in [5.74, 6) is -1.36. The van der Waals surface area contributed by atoms with Crippen LogP contribution in [-0.2, 0) is 9.59 Å². The Bertz CT molecular complexity index is 487. The van der Waals surface area contributed by atoms with Crippen LogP contribution in [-0.4, -0.2) is 24.9 Å². The number of amides is 2. The van der Waals surface area contributed by atoms with Crippen molar-refractivity contribution in [2.24, 2.45) is 5.92 Å². The molecule has 0 unspecified atom stereocenters. The van der Waals surface area contributed by atoms with E-state index in [1.165, 1.54) is 12.1 Å². The van der Waals surface area contributed by atoms with E-state index < -0.39 is 5.92 Å². The Balaban J connectivity index is 1.98. The van der Waals surface area contributed by atoms with E-state index in [0.717, 1.165) is 12.8 Å². The highest BCUT2D eigenvalue weighted by Crippen LogP contribution is 2.25. The number of benzene rings is 1. The van der Waals surface area contributed by atoms with Gasteiger partial charge in [-0.2, -0.15) is 0 Å². The molecule has 2 amide bonds. The Hall–Kier alpha value is -1.91. The predicted molar refractivity (Wildman–Crippen MR) is 74.8 cm³/mol. The summed E-state index contributed by atoms with van der Waals surface area (Å²) in [7, 11) is 0. The SMILES string of the molecule is CCCCNC(=O)[C@H]1CCN(c2ccc(F)cc2)C1=O. The van der Waals surface area contributed by atoms with Gasteiger partial charge in [-0.3, -0.25) is 9.59 Å². The molecule has 20 heavy (non-hydrogen) atoms. The van der Waals surface area contributed by atoms with Crippen molar-refractivity contribution in [1.29, 1.82) is 0 Å². The van der Waals surface area contributed by atoms with Gasteiger partial charge in [-0.1, -0.05) is 13.3 Å². The summed E-state index contributed by atoms with van der Waals surface area (Å²) in [6.07, 6.45) is 2.42. The van der Waals surface area contributed by atoms with E-state index in [1.807, 2.05) is 6.92 Å². The number of hydrogen-bond donors (Lipinski definition) is 1. The molecular weight excluding hydrogens is 259 g/mol. The standard InChI is InChI=1S/C15H19FN2O2/c1-2-3-9-17-14(19)13-8-10-18(15(13)20)12-6-4-11(16)5-7-12/h4-7,13H,2-3,8-10H2,1H3,(H,17,19)/t13-/m1/s1. The second-order valence-electron chi connectivity index (χ2n) is 4.95. The molecule has 5 heteroatoms. The molecule has 2 rings (SSSR count). The van der Waals surface area contributed by atoms with Crippen LogP contribution in [0.15, 0.2) is 24.3 Å². The average Bonchev–Trinajstić information content (AvgIpc) is 2.82. The lowest BCUT2D eigenvalue weighted by atomic mass is 10.1. The van der Waals surface area contributed by atoms with Crippen LogP contribution in [0, 0.1) is 11.7 Å². The van der Waals surface area contributed by atoms with Crippen LogP contribution in [0.4, 0.5) is 10.1 Å². The molecule has 0 saturated carbocycles. The molecule has 1 heterocycles. The maximum absolute atomic E-state index is 12.9. The molecule has 108 valence electrons. The smallest absolute Gasteiger partial charge is 0.239 e. The first kappa shape index (κ1) is 14.5. The molecule has 0 bridgehead atoms. The maximum atomic E-state index is 12.9. The Morgan fingerprint density at radius 1 is 1.40 bits per heavy atom. The fourth-order valence-electron chi connectivity index (χ4n) is 2.31. The number of anilines is 1. The second-order valence-corrected chi connectivity index (χ2v) is 4.95. The fourth-order valence-corrected chi connectivity index (χ4v) is 2.31. The van der Waals surface area contributed by atoms with Crippen molar-refractivity contribution in [2.45, 2.75) is 26.2 Å². The van der Waals surface area contributed by atoms with Crippen molar-refractivity contribution in [3.05, 3.63) is 30.1 Å². The highest BCUT2D eigenvalue weighted by atomic mass is 19.1. The second kappa shape index (κ2) is 6.50. The van der Waals surface area contributed by atoms with Gasteiger partial charge in [0, 0.05) is 18.8 Å². The lowest BCUT2D eigenvalue weighted by molar-refractivity contribution is -0.132. The van der Waals surface area contributed by atoms with Crippen LogP contribution in [0.1, 0.15) is 26.2 Å². The summed E-state index contributed by atoms with van der Waals surface area (Å²) in [4.78, 5) is 25.7. The lowest BCUT2D eigenvalue weighted by Crippen LogP contribution is -2.37. The first-order chi connectivity index (χ1) is 9.63. The van der Waals surface area contributed by atoms with Crippen LogP contribution in [0.25, 0.3) is 0 Å². The Morgan fingerprint density at radius 2 is 2.10 bits per heavy atom. The van der Waals surface area contributed by atoms with Crippen molar-refractivity contribution in [2.75, 3.05) is 18.0 Å². The van der Waals surface area contributed by atoms with Crippen LogP contribution >= 0.6 is 0 Å². The maximum Gasteiger partial charge on any atom is 0.239 e. The summed E-state index contributed by atoms with van der Waals surface area (Å²) >= 11 is 0. The number of hydrogen-bond acceptors (Lipinski definition) is 2. The largest absolute Gasteiger partial charge is 0.355 e. The molecule has 4 nitrogen and oxygen atoms in total. The molecule has 0 radical (unpaired) electrons. The van der Waals surface area contributed by atoms with Crippen LogP contribution in [0.5, 0.6) is 0 Å². The van der Waals surface area contributed by atoms with Gasteiger partial charge in [0.25, 0.3) is 0 Å². The van der Waals surface area contributed by atoms with E-state index in [1.54, 1.807) is 17.0 Å². The van der Waals surface area contributed by atoms with Crippen molar-refractivity contribution in [3.63, 3.8) is 0 Å². The number of nitrogens with one attached hydrogen (secondary N) is 1. The summed E-state index contributed by atoms with van der Waals surface area (Å²) in [5.41, 5.74) is 0.639. The number of nitrogens with zero attached hydrogens (tertiary/aromatic N) is 1. The Labute approximate surface area is 118 Å². The third kappa shape index (κ3) is 3.15. The first-order valence-corrected chi connectivity index (χ1v) is 6.98. The number of carbonyl (C=O) groups is 2. The zero-order valence-corrected chi connectivity index (χ0v) is 11.6.